The summed E-state index contributed by atoms with van der Waals surface area (Å²) in [6.45, 7) is 32.4. The molecule has 0 bridgehead atoms. The van der Waals surface area contributed by atoms with E-state index in [0.29, 0.717) is 6.42 Å². The van der Waals surface area contributed by atoms with Crippen molar-refractivity contribution in [2.24, 2.45) is 24.3 Å². The second-order valence-electron chi connectivity index (χ2n) is 18.3. The van der Waals surface area contributed by atoms with Crippen molar-refractivity contribution in [2.75, 3.05) is 0 Å². The molecule has 1 aromatic heterocycles. The Morgan fingerprint density at radius 3 is 2.12 bits per heavy atom. The number of hydrogen-bond donors (Lipinski definition) is 0. The largest absolute Gasteiger partial charge is 0.457 e. The minimum Gasteiger partial charge on any atom is -0.457 e. The molecular weight excluding hydrogens is 645 g/mol. The lowest BCUT2D eigenvalue weighted by Gasteiger charge is -2.46. The Morgan fingerprint density at radius 1 is 0.939 bits per heavy atom. The van der Waals surface area contributed by atoms with Gasteiger partial charge in [0, 0.05) is 24.8 Å². The number of benzene rings is 1. The van der Waals surface area contributed by atoms with Crippen LogP contribution in [0.3, 0.4) is 0 Å². The van der Waals surface area contributed by atoms with Gasteiger partial charge >= 0.3 is 5.97 Å². The van der Waals surface area contributed by atoms with Gasteiger partial charge in [0.1, 0.15) is 17.7 Å². The molecule has 5 atom stereocenters. The number of aromatic nitrogens is 2. The molecule has 276 valence electrons. The van der Waals surface area contributed by atoms with Crippen LogP contribution in [0.1, 0.15) is 119 Å². The number of imidazole rings is 1. The lowest BCUT2D eigenvalue weighted by atomic mass is 9.73. The van der Waals surface area contributed by atoms with Crippen molar-refractivity contribution in [3.05, 3.63) is 41.7 Å². The van der Waals surface area contributed by atoms with Gasteiger partial charge in [-0.3, -0.25) is 9.59 Å². The highest BCUT2D eigenvalue weighted by molar-refractivity contribution is 6.74. The zero-order valence-corrected chi connectivity index (χ0v) is 35.7. The molecule has 49 heavy (non-hydrogen) atoms. The average Bonchev–Trinajstić information content (AvgIpc) is 3.26. The predicted octanol–water partition coefficient (Wildman–Crippen LogP) is 10.6. The number of hydrogen-bond acceptors (Lipinski definition) is 6. The van der Waals surface area contributed by atoms with E-state index in [2.05, 4.69) is 97.4 Å². The summed E-state index contributed by atoms with van der Waals surface area (Å²) in [5, 5.41) is -0.0971. The summed E-state index contributed by atoms with van der Waals surface area (Å²) in [5.41, 5.74) is 1.88. The molecule has 0 spiro atoms. The van der Waals surface area contributed by atoms with E-state index in [1.54, 1.807) is 0 Å². The van der Waals surface area contributed by atoms with Crippen molar-refractivity contribution in [3.8, 4) is 0 Å². The quantitative estimate of drug-likeness (QED) is 0.174. The fourth-order valence-electron chi connectivity index (χ4n) is 6.31. The van der Waals surface area contributed by atoms with Crippen LogP contribution in [-0.2, 0) is 30.2 Å². The molecule has 0 saturated heterocycles. The van der Waals surface area contributed by atoms with Gasteiger partial charge < -0.3 is 18.2 Å². The van der Waals surface area contributed by atoms with Crippen LogP contribution in [0, 0.1) is 24.2 Å². The highest BCUT2D eigenvalue weighted by Crippen LogP contribution is 2.44. The van der Waals surface area contributed by atoms with Crippen molar-refractivity contribution < 1.29 is 23.2 Å². The summed E-state index contributed by atoms with van der Waals surface area (Å²) >= 11 is 0. The van der Waals surface area contributed by atoms with Gasteiger partial charge in [-0.2, -0.15) is 0 Å². The molecule has 0 unspecified atom stereocenters. The van der Waals surface area contributed by atoms with Crippen molar-refractivity contribution in [3.63, 3.8) is 0 Å². The van der Waals surface area contributed by atoms with Crippen LogP contribution in [0.5, 0.6) is 0 Å². The smallest absolute Gasteiger partial charge is 0.309 e. The second-order valence-corrected chi connectivity index (χ2v) is 27.9. The third-order valence-electron chi connectivity index (χ3n) is 12.1. The van der Waals surface area contributed by atoms with Crippen LogP contribution in [0.25, 0.3) is 11.0 Å². The topological polar surface area (TPSA) is 79.7 Å². The Balaban J connectivity index is 2.09. The molecule has 0 aliphatic carbocycles. The first-order valence-electron chi connectivity index (χ1n) is 18.5. The molecule has 7 nitrogen and oxygen atoms in total. The average molecular weight is 713 g/mol. The Kier molecular flexibility index (Phi) is 12.9. The van der Waals surface area contributed by atoms with E-state index in [0.717, 1.165) is 41.7 Å². The number of fused-ring (bicyclic) bond motifs is 1. The normalized spacial score (nSPS) is 26.5. The van der Waals surface area contributed by atoms with E-state index >= 15 is 0 Å². The number of ether oxygens (including phenoxy) is 1. The van der Waals surface area contributed by atoms with Gasteiger partial charge in [-0.1, -0.05) is 87.5 Å². The van der Waals surface area contributed by atoms with Gasteiger partial charge in [0.15, 0.2) is 16.6 Å². The van der Waals surface area contributed by atoms with E-state index in [9.17, 15) is 9.59 Å². The molecule has 0 amide bonds. The van der Waals surface area contributed by atoms with Crippen molar-refractivity contribution in [1.82, 2.24) is 9.55 Å². The van der Waals surface area contributed by atoms with Crippen molar-refractivity contribution in [1.29, 1.82) is 0 Å². The molecule has 1 aliphatic rings. The second kappa shape index (κ2) is 15.3. The molecule has 2 heterocycles. The molecule has 9 heteroatoms. The maximum Gasteiger partial charge on any atom is 0.309 e. The van der Waals surface area contributed by atoms with Crippen LogP contribution in [0.4, 0.5) is 0 Å². The van der Waals surface area contributed by atoms with E-state index in [4.69, 9.17) is 18.6 Å². The first-order valence-corrected chi connectivity index (χ1v) is 24.3. The standard InChI is InChI=1S/C40H68N2O5Si2/c1-27-21-19-17-18-20-22-33(30-23-24-32-31(25-30)41-29(3)42(32)12)45-35(43)26-34(46-48(13,14)38(4,5)6)40(10,11)37(44)28(2)36(27)47-49(15,16)39(7,8)9/h18,20,23-25,27-28,33-34,36H,17,19,21-22,26H2,1-16H3/b20-18+/t27-,28+,33-,34-,36-/m0/s1. The zero-order chi connectivity index (χ0) is 37.3. The Hall–Kier alpha value is -2.08. The minimum atomic E-state index is -2.40. The first-order chi connectivity index (χ1) is 22.3. The molecule has 1 aromatic carbocycles. The fraction of sp³-hybridized carbons (Fsp3) is 0.725. The summed E-state index contributed by atoms with van der Waals surface area (Å²) < 4.78 is 22.6. The Morgan fingerprint density at radius 2 is 1.53 bits per heavy atom. The number of carbonyl (C=O) groups is 2. The SMILES string of the molecule is Cc1nc2cc([C@@H]3C/C=C/CCC[C@H](C)[C@H](O[Si](C)(C)C(C)(C)C)[C@@H](C)C(=O)C(C)(C)[C@@H](O[Si](C)(C)C(C)(C)C)CC(=O)O3)ccc2n1C. The maximum absolute atomic E-state index is 14.8. The summed E-state index contributed by atoms with van der Waals surface area (Å²) in [5.74, 6) is 0.475. The summed E-state index contributed by atoms with van der Waals surface area (Å²) in [6.07, 6.45) is 6.40. The molecule has 0 N–H and O–H groups in total. The van der Waals surface area contributed by atoms with E-state index in [-0.39, 0.29) is 46.2 Å². The van der Waals surface area contributed by atoms with Gasteiger partial charge in [0.05, 0.1) is 29.7 Å². The number of aryl methyl sites for hydroxylation is 2. The van der Waals surface area contributed by atoms with Crippen molar-refractivity contribution in [2.45, 2.75) is 163 Å². The van der Waals surface area contributed by atoms with Crippen LogP contribution in [-0.4, -0.2) is 50.1 Å². The number of rotatable bonds is 5. The van der Waals surface area contributed by atoms with Crippen LogP contribution < -0.4 is 0 Å². The molecule has 0 fully saturated rings. The number of nitrogens with zero attached hydrogens (tertiary/aromatic N) is 2. The molecule has 0 saturated carbocycles. The molecule has 1 aliphatic heterocycles. The van der Waals surface area contributed by atoms with Gasteiger partial charge in [0.25, 0.3) is 0 Å². The van der Waals surface area contributed by atoms with Gasteiger partial charge in [-0.05, 0) is 86.1 Å². The van der Waals surface area contributed by atoms with Gasteiger partial charge in [-0.15, -0.1) is 0 Å². The summed E-state index contributed by atoms with van der Waals surface area (Å²) in [6, 6.07) is 6.13. The molecule has 3 rings (SSSR count). The molecule has 0 radical (unpaired) electrons. The van der Waals surface area contributed by atoms with Crippen LogP contribution >= 0.6 is 0 Å². The number of cyclic esters (lactones) is 1. The van der Waals surface area contributed by atoms with Crippen LogP contribution in [0.15, 0.2) is 30.4 Å². The number of esters is 1. The zero-order valence-electron chi connectivity index (χ0n) is 33.7. The lowest BCUT2D eigenvalue weighted by molar-refractivity contribution is -0.155. The number of carbonyl (C=O) groups excluding carboxylic acids is 2. The van der Waals surface area contributed by atoms with E-state index in [1.807, 2.05) is 46.9 Å². The molecular formula is C40H68N2O5Si2. The van der Waals surface area contributed by atoms with E-state index < -0.39 is 34.3 Å². The predicted molar refractivity (Wildman–Crippen MR) is 208 cm³/mol. The van der Waals surface area contributed by atoms with Gasteiger partial charge in [0.2, 0.25) is 0 Å². The number of ketones is 1. The highest BCUT2D eigenvalue weighted by atomic mass is 28.4. The molecule has 2 aromatic rings. The lowest BCUT2D eigenvalue weighted by Crippen LogP contribution is -2.54. The minimum absolute atomic E-state index is 0.00750. The maximum atomic E-state index is 14.8. The van der Waals surface area contributed by atoms with E-state index in [1.165, 1.54) is 0 Å². The van der Waals surface area contributed by atoms with Crippen LogP contribution in [0.2, 0.25) is 36.3 Å². The third kappa shape index (κ3) is 9.63. The Bertz CT molecular complexity index is 1490. The first kappa shape index (κ1) is 41.3. The fourth-order valence-corrected chi connectivity index (χ4v) is 9.22. The number of Topliss-reactive ketones (excluding diaryl/α,β-unsaturated/α-hetero) is 1. The third-order valence-corrected chi connectivity index (χ3v) is 21.0. The monoisotopic (exact) mass is 712 g/mol. The van der Waals surface area contributed by atoms with Crippen molar-refractivity contribution >= 4 is 39.4 Å². The summed E-state index contributed by atoms with van der Waals surface area (Å²) in [4.78, 5) is 33.6. The summed E-state index contributed by atoms with van der Waals surface area (Å²) in [7, 11) is -2.59. The van der Waals surface area contributed by atoms with Gasteiger partial charge in [-0.25, -0.2) is 4.98 Å². The number of allylic oxidation sites excluding steroid dienone is 1. The Labute approximate surface area is 300 Å². The highest BCUT2D eigenvalue weighted by Gasteiger charge is 2.50.